The van der Waals surface area contributed by atoms with Crippen molar-refractivity contribution in [1.82, 2.24) is 25.4 Å². The Labute approximate surface area is 197 Å². The highest BCUT2D eigenvalue weighted by atomic mass is 32.1. The number of thiophene rings is 2. The van der Waals surface area contributed by atoms with Crippen LogP contribution in [0.3, 0.4) is 0 Å². The molecular formula is C23H29N5O2S2. The van der Waals surface area contributed by atoms with Crippen molar-refractivity contribution in [2.24, 2.45) is 0 Å². The highest BCUT2D eigenvalue weighted by molar-refractivity contribution is 7.10. The number of carbonyl (C=O) groups is 2. The number of hydrogen-bond acceptors (Lipinski definition) is 7. The van der Waals surface area contributed by atoms with E-state index in [9.17, 15) is 9.59 Å². The maximum absolute atomic E-state index is 12.7. The summed E-state index contributed by atoms with van der Waals surface area (Å²) in [5.41, 5.74) is 0.451. The average Bonchev–Trinajstić information content (AvgIpc) is 3.48. The lowest BCUT2D eigenvalue weighted by Crippen LogP contribution is -2.36. The quantitative estimate of drug-likeness (QED) is 0.475. The summed E-state index contributed by atoms with van der Waals surface area (Å²) in [5, 5.41) is 9.94. The van der Waals surface area contributed by atoms with E-state index in [1.165, 1.54) is 9.75 Å². The minimum absolute atomic E-state index is 0.0747. The molecule has 7 nitrogen and oxygen atoms in total. The van der Waals surface area contributed by atoms with Crippen LogP contribution in [0, 0.1) is 0 Å². The van der Waals surface area contributed by atoms with Gasteiger partial charge in [0.25, 0.3) is 11.8 Å². The lowest BCUT2D eigenvalue weighted by atomic mass is 10.2. The molecule has 0 aliphatic heterocycles. The third-order valence-electron chi connectivity index (χ3n) is 5.12. The first-order chi connectivity index (χ1) is 15.4. The fraction of sp³-hybridized carbons (Fsp3) is 0.348. The molecule has 0 saturated heterocycles. The van der Waals surface area contributed by atoms with Crippen LogP contribution in [0.25, 0.3) is 0 Å². The zero-order valence-electron chi connectivity index (χ0n) is 18.7. The summed E-state index contributed by atoms with van der Waals surface area (Å²) >= 11 is 3.32. The fourth-order valence-corrected chi connectivity index (χ4v) is 5.13. The minimum Gasteiger partial charge on any atom is -0.349 e. The van der Waals surface area contributed by atoms with Crippen LogP contribution in [0.15, 0.2) is 53.2 Å². The Hall–Kier alpha value is -2.59. The van der Waals surface area contributed by atoms with Crippen molar-refractivity contribution in [2.45, 2.75) is 12.1 Å². The van der Waals surface area contributed by atoms with Crippen molar-refractivity contribution >= 4 is 34.5 Å². The van der Waals surface area contributed by atoms with Gasteiger partial charge in [-0.25, -0.2) is 4.98 Å². The van der Waals surface area contributed by atoms with Gasteiger partial charge in [0.05, 0.1) is 12.1 Å². The molecule has 3 aromatic rings. The Morgan fingerprint density at radius 2 is 1.22 bits per heavy atom. The molecule has 9 heteroatoms. The van der Waals surface area contributed by atoms with Crippen molar-refractivity contribution in [3.8, 4) is 0 Å². The predicted octanol–water partition coefficient (Wildman–Crippen LogP) is 3.27. The Morgan fingerprint density at radius 1 is 0.781 bits per heavy atom. The zero-order valence-corrected chi connectivity index (χ0v) is 20.4. The third-order valence-corrected chi connectivity index (χ3v) is 7.06. The molecule has 2 atom stereocenters. The van der Waals surface area contributed by atoms with Crippen LogP contribution < -0.4 is 10.6 Å². The van der Waals surface area contributed by atoms with E-state index in [1.54, 1.807) is 40.9 Å². The topological polar surface area (TPSA) is 77.6 Å². The molecular weight excluding hydrogens is 442 g/mol. The maximum Gasteiger partial charge on any atom is 0.269 e. The number of likely N-dealkylation sites (N-methyl/N-ethyl adjacent to an activating group) is 2. The second-order valence-corrected chi connectivity index (χ2v) is 9.78. The molecule has 2 amide bonds. The molecule has 2 N–H and O–H groups in total. The van der Waals surface area contributed by atoms with Crippen LogP contribution >= 0.6 is 22.7 Å². The van der Waals surface area contributed by atoms with Crippen LogP contribution in [0.5, 0.6) is 0 Å². The Morgan fingerprint density at radius 3 is 1.56 bits per heavy atom. The molecule has 0 radical (unpaired) electrons. The molecule has 0 aliphatic rings. The van der Waals surface area contributed by atoms with E-state index in [-0.39, 0.29) is 35.3 Å². The van der Waals surface area contributed by atoms with Crippen molar-refractivity contribution < 1.29 is 9.59 Å². The van der Waals surface area contributed by atoms with Crippen LogP contribution in [0.4, 0.5) is 0 Å². The molecule has 0 aliphatic carbocycles. The summed E-state index contributed by atoms with van der Waals surface area (Å²) in [5.74, 6) is -0.597. The molecule has 0 bridgehead atoms. The highest BCUT2D eigenvalue weighted by Gasteiger charge is 2.20. The van der Waals surface area contributed by atoms with Gasteiger partial charge in [-0.15, -0.1) is 22.7 Å². The van der Waals surface area contributed by atoms with Crippen LogP contribution in [-0.2, 0) is 0 Å². The predicted molar refractivity (Wildman–Crippen MR) is 130 cm³/mol. The SMILES string of the molecule is CN(C)C(CNC(=O)c1cccc(C(=O)NCC(c2cccs2)N(C)C)n1)c1cccs1. The van der Waals surface area contributed by atoms with E-state index in [0.29, 0.717) is 13.1 Å². The van der Waals surface area contributed by atoms with Crippen LogP contribution in [0.2, 0.25) is 0 Å². The zero-order chi connectivity index (χ0) is 23.1. The van der Waals surface area contributed by atoms with E-state index in [2.05, 4.69) is 37.6 Å². The molecule has 0 saturated carbocycles. The van der Waals surface area contributed by atoms with Gasteiger partial charge in [0, 0.05) is 22.8 Å². The summed E-state index contributed by atoms with van der Waals surface area (Å²) in [6.45, 7) is 0.908. The lowest BCUT2D eigenvalue weighted by molar-refractivity contribution is 0.0933. The van der Waals surface area contributed by atoms with E-state index in [0.717, 1.165) is 0 Å². The number of pyridine rings is 1. The monoisotopic (exact) mass is 471 g/mol. The second kappa shape index (κ2) is 11.3. The minimum atomic E-state index is -0.298. The molecule has 0 fully saturated rings. The van der Waals surface area contributed by atoms with Gasteiger partial charge in [-0.2, -0.15) is 0 Å². The van der Waals surface area contributed by atoms with Gasteiger partial charge < -0.3 is 20.4 Å². The van der Waals surface area contributed by atoms with E-state index in [4.69, 9.17) is 0 Å². The van der Waals surface area contributed by atoms with Gasteiger partial charge in [0.2, 0.25) is 0 Å². The molecule has 2 unspecified atom stereocenters. The van der Waals surface area contributed by atoms with Crippen molar-refractivity contribution in [3.05, 3.63) is 74.4 Å². The van der Waals surface area contributed by atoms with E-state index < -0.39 is 0 Å². The first-order valence-electron chi connectivity index (χ1n) is 10.3. The van der Waals surface area contributed by atoms with Crippen molar-refractivity contribution in [3.63, 3.8) is 0 Å². The lowest BCUT2D eigenvalue weighted by Gasteiger charge is -2.23. The molecule has 0 aromatic carbocycles. The Balaban J connectivity index is 1.61. The summed E-state index contributed by atoms with van der Waals surface area (Å²) < 4.78 is 0. The highest BCUT2D eigenvalue weighted by Crippen LogP contribution is 2.23. The summed E-state index contributed by atoms with van der Waals surface area (Å²) in [6.07, 6.45) is 0. The van der Waals surface area contributed by atoms with Gasteiger partial charge in [0.1, 0.15) is 11.4 Å². The normalized spacial score (nSPS) is 13.2. The molecule has 3 rings (SSSR count). The molecule has 3 heterocycles. The van der Waals surface area contributed by atoms with E-state index in [1.807, 2.05) is 51.1 Å². The Bertz CT molecular complexity index is 926. The maximum atomic E-state index is 12.7. The number of amides is 2. The smallest absolute Gasteiger partial charge is 0.269 e. The molecule has 32 heavy (non-hydrogen) atoms. The molecule has 3 aromatic heterocycles. The number of aromatic nitrogens is 1. The standard InChI is InChI=1S/C23H29N5O2S2/c1-27(2)18(20-10-6-12-31-20)14-24-22(29)16-8-5-9-17(26-16)23(30)25-15-19(28(3)4)21-11-7-13-32-21/h5-13,18-19H,14-15H2,1-4H3,(H,24,29)(H,25,30). The molecule has 170 valence electrons. The summed E-state index contributed by atoms with van der Waals surface area (Å²) in [4.78, 5) is 36.2. The number of hydrogen-bond donors (Lipinski definition) is 2. The van der Waals surface area contributed by atoms with Gasteiger partial charge in [0.15, 0.2) is 0 Å². The van der Waals surface area contributed by atoms with Crippen molar-refractivity contribution in [1.29, 1.82) is 0 Å². The largest absolute Gasteiger partial charge is 0.349 e. The third kappa shape index (κ3) is 6.23. The first-order valence-corrected chi connectivity index (χ1v) is 12.1. The average molecular weight is 472 g/mol. The van der Waals surface area contributed by atoms with Gasteiger partial charge in [-0.05, 0) is 63.2 Å². The summed E-state index contributed by atoms with van der Waals surface area (Å²) in [7, 11) is 7.93. The second-order valence-electron chi connectivity index (χ2n) is 7.82. The number of nitrogens with one attached hydrogen (secondary N) is 2. The van der Waals surface area contributed by atoms with Crippen LogP contribution in [0.1, 0.15) is 42.8 Å². The molecule has 0 spiro atoms. The van der Waals surface area contributed by atoms with E-state index >= 15 is 0 Å². The van der Waals surface area contributed by atoms with Gasteiger partial charge >= 0.3 is 0 Å². The number of carbonyl (C=O) groups excluding carboxylic acids is 2. The Kier molecular flexibility index (Phi) is 8.52. The van der Waals surface area contributed by atoms with Gasteiger partial charge in [-0.3, -0.25) is 9.59 Å². The first kappa shape index (κ1) is 24.1. The number of rotatable bonds is 10. The number of nitrogens with zero attached hydrogens (tertiary/aromatic N) is 3. The summed E-state index contributed by atoms with van der Waals surface area (Å²) in [6, 6.07) is 13.2. The van der Waals surface area contributed by atoms with Crippen LogP contribution in [-0.4, -0.2) is 67.9 Å². The van der Waals surface area contributed by atoms with Gasteiger partial charge in [-0.1, -0.05) is 18.2 Å². The van der Waals surface area contributed by atoms with Crippen molar-refractivity contribution in [2.75, 3.05) is 41.3 Å². The fourth-order valence-electron chi connectivity index (χ4n) is 3.28.